The Morgan fingerprint density at radius 3 is 1.96 bits per heavy atom. The predicted molar refractivity (Wildman–Crippen MR) is 108 cm³/mol. The first-order valence-electron chi connectivity index (χ1n) is 9.71. The molecule has 5 nitrogen and oxygen atoms in total. The minimum Gasteiger partial charge on any atom is -0.352 e. The first-order valence-corrected chi connectivity index (χ1v) is 9.71. The van der Waals surface area contributed by atoms with Crippen LogP contribution in [0.2, 0.25) is 0 Å². The number of hydrogen-bond acceptors (Lipinski definition) is 3. The third-order valence-electron chi connectivity index (χ3n) is 5.10. The summed E-state index contributed by atoms with van der Waals surface area (Å²) in [4.78, 5) is 39.7. The van der Waals surface area contributed by atoms with Gasteiger partial charge in [0.15, 0.2) is 0 Å². The van der Waals surface area contributed by atoms with Gasteiger partial charge < -0.3 is 5.32 Å². The van der Waals surface area contributed by atoms with Gasteiger partial charge in [0, 0.05) is 6.04 Å². The number of rotatable bonds is 7. The number of carbonyl (C=O) groups excluding carboxylic acids is 3. The van der Waals surface area contributed by atoms with Crippen LogP contribution in [0, 0.1) is 5.92 Å². The van der Waals surface area contributed by atoms with Crippen molar-refractivity contribution in [2.24, 2.45) is 5.92 Å². The smallest absolute Gasteiger partial charge is 0.262 e. The number of imide groups is 1. The standard InChI is InChI=1S/C23H26N2O3/c1-15(2)20(25-22(27)18-11-7-8-12-19(18)23(25)28)21(26)24-16(3)13-14-17-9-5-4-6-10-17/h4-12,15-16,20H,13-14H2,1-3H3,(H,24,26). The fourth-order valence-electron chi connectivity index (χ4n) is 3.61. The maximum Gasteiger partial charge on any atom is 0.262 e. The Bertz CT molecular complexity index is 841. The Morgan fingerprint density at radius 2 is 1.43 bits per heavy atom. The van der Waals surface area contributed by atoms with Crippen LogP contribution in [0.15, 0.2) is 54.6 Å². The maximum atomic E-state index is 13.0. The van der Waals surface area contributed by atoms with E-state index in [0.29, 0.717) is 11.1 Å². The van der Waals surface area contributed by atoms with Crippen molar-refractivity contribution in [3.8, 4) is 0 Å². The molecule has 2 aromatic rings. The van der Waals surface area contributed by atoms with Crippen LogP contribution in [0.4, 0.5) is 0 Å². The topological polar surface area (TPSA) is 66.5 Å². The lowest BCUT2D eigenvalue weighted by atomic mass is 10.00. The number of fused-ring (bicyclic) bond motifs is 1. The Kier molecular flexibility index (Phi) is 5.93. The first-order chi connectivity index (χ1) is 13.4. The molecule has 1 N–H and O–H groups in total. The normalized spacial score (nSPS) is 15.5. The third kappa shape index (κ3) is 3.98. The summed E-state index contributed by atoms with van der Waals surface area (Å²) in [5, 5.41) is 2.99. The summed E-state index contributed by atoms with van der Waals surface area (Å²) in [5.74, 6) is -1.27. The molecule has 0 fully saturated rings. The quantitative estimate of drug-likeness (QED) is 0.751. The van der Waals surface area contributed by atoms with Crippen molar-refractivity contribution in [1.82, 2.24) is 10.2 Å². The maximum absolute atomic E-state index is 13.0. The van der Waals surface area contributed by atoms with Gasteiger partial charge in [0.1, 0.15) is 6.04 Å². The summed E-state index contributed by atoms with van der Waals surface area (Å²) in [7, 11) is 0. The Morgan fingerprint density at radius 1 is 0.893 bits per heavy atom. The van der Waals surface area contributed by atoms with Crippen LogP contribution in [-0.2, 0) is 11.2 Å². The average molecular weight is 378 g/mol. The number of benzene rings is 2. The fourth-order valence-corrected chi connectivity index (χ4v) is 3.61. The first kappa shape index (κ1) is 19.8. The molecule has 3 amide bonds. The average Bonchev–Trinajstić information content (AvgIpc) is 2.93. The van der Waals surface area contributed by atoms with Crippen molar-refractivity contribution in [1.29, 1.82) is 0 Å². The van der Waals surface area contributed by atoms with Crippen LogP contribution in [-0.4, -0.2) is 34.7 Å². The molecule has 0 radical (unpaired) electrons. The van der Waals surface area contributed by atoms with Gasteiger partial charge >= 0.3 is 0 Å². The minimum absolute atomic E-state index is 0.0656. The van der Waals surface area contributed by atoms with E-state index in [0.717, 1.165) is 17.7 Å². The number of nitrogens with zero attached hydrogens (tertiary/aromatic N) is 1. The van der Waals surface area contributed by atoms with Crippen molar-refractivity contribution in [3.05, 3.63) is 71.3 Å². The number of nitrogens with one attached hydrogen (secondary N) is 1. The number of carbonyl (C=O) groups is 3. The summed E-state index contributed by atoms with van der Waals surface area (Å²) in [6.45, 7) is 5.64. The van der Waals surface area contributed by atoms with E-state index in [-0.39, 0.29) is 17.9 Å². The molecule has 146 valence electrons. The largest absolute Gasteiger partial charge is 0.352 e. The highest BCUT2D eigenvalue weighted by molar-refractivity contribution is 6.22. The molecular formula is C23H26N2O3. The Labute approximate surface area is 165 Å². The lowest BCUT2D eigenvalue weighted by Crippen LogP contribution is -2.53. The monoisotopic (exact) mass is 378 g/mol. The van der Waals surface area contributed by atoms with E-state index in [1.165, 1.54) is 5.56 Å². The Balaban J connectivity index is 1.69. The van der Waals surface area contributed by atoms with Gasteiger partial charge in [-0.15, -0.1) is 0 Å². The zero-order valence-electron chi connectivity index (χ0n) is 16.5. The van der Waals surface area contributed by atoms with Crippen LogP contribution in [0.5, 0.6) is 0 Å². The van der Waals surface area contributed by atoms with Crippen LogP contribution < -0.4 is 5.32 Å². The molecule has 0 saturated carbocycles. The third-order valence-corrected chi connectivity index (χ3v) is 5.10. The van der Waals surface area contributed by atoms with E-state index in [1.807, 2.05) is 39.0 Å². The van der Waals surface area contributed by atoms with Crippen molar-refractivity contribution in [2.75, 3.05) is 0 Å². The zero-order chi connectivity index (χ0) is 20.3. The van der Waals surface area contributed by atoms with E-state index >= 15 is 0 Å². The highest BCUT2D eigenvalue weighted by Crippen LogP contribution is 2.27. The summed E-state index contributed by atoms with van der Waals surface area (Å²) in [6, 6.07) is 15.9. The molecule has 2 atom stereocenters. The van der Waals surface area contributed by atoms with E-state index in [1.54, 1.807) is 24.3 Å². The predicted octanol–water partition coefficient (Wildman–Crippen LogP) is 3.44. The van der Waals surface area contributed by atoms with Crippen LogP contribution >= 0.6 is 0 Å². The molecule has 1 aliphatic rings. The number of amides is 3. The van der Waals surface area contributed by atoms with Crippen molar-refractivity contribution in [3.63, 3.8) is 0 Å². The molecule has 0 saturated heterocycles. The molecular weight excluding hydrogens is 352 g/mol. The van der Waals surface area contributed by atoms with Gasteiger partial charge in [0.25, 0.3) is 11.8 Å². The second kappa shape index (κ2) is 8.38. The van der Waals surface area contributed by atoms with Gasteiger partial charge in [-0.05, 0) is 43.4 Å². The van der Waals surface area contributed by atoms with E-state index < -0.39 is 17.9 Å². The van der Waals surface area contributed by atoms with Crippen LogP contribution in [0.1, 0.15) is 53.5 Å². The van der Waals surface area contributed by atoms with E-state index in [4.69, 9.17) is 0 Å². The molecule has 0 bridgehead atoms. The molecule has 0 spiro atoms. The van der Waals surface area contributed by atoms with Crippen molar-refractivity contribution >= 4 is 17.7 Å². The Hall–Kier alpha value is -2.95. The van der Waals surface area contributed by atoms with Crippen molar-refractivity contribution < 1.29 is 14.4 Å². The van der Waals surface area contributed by atoms with Crippen LogP contribution in [0.3, 0.4) is 0 Å². The summed E-state index contributed by atoms with van der Waals surface area (Å²) in [6.07, 6.45) is 1.63. The minimum atomic E-state index is -0.827. The van der Waals surface area contributed by atoms with E-state index in [9.17, 15) is 14.4 Å². The molecule has 0 aromatic heterocycles. The molecule has 28 heavy (non-hydrogen) atoms. The lowest BCUT2D eigenvalue weighted by molar-refractivity contribution is -0.127. The highest BCUT2D eigenvalue weighted by Gasteiger charge is 2.43. The van der Waals surface area contributed by atoms with Gasteiger partial charge in [-0.1, -0.05) is 56.3 Å². The molecule has 2 aromatic carbocycles. The molecule has 1 heterocycles. The second-order valence-corrected chi connectivity index (χ2v) is 7.65. The van der Waals surface area contributed by atoms with Gasteiger partial charge in [0.05, 0.1) is 11.1 Å². The van der Waals surface area contributed by atoms with Crippen LogP contribution in [0.25, 0.3) is 0 Å². The SMILES string of the molecule is CC(CCc1ccccc1)NC(=O)C(C(C)C)N1C(=O)c2ccccc2C1=O. The second-order valence-electron chi connectivity index (χ2n) is 7.65. The van der Waals surface area contributed by atoms with Crippen molar-refractivity contribution in [2.45, 2.75) is 45.7 Å². The summed E-state index contributed by atoms with van der Waals surface area (Å²) >= 11 is 0. The van der Waals surface area contributed by atoms with Gasteiger partial charge in [-0.3, -0.25) is 19.3 Å². The molecule has 3 rings (SSSR count). The van der Waals surface area contributed by atoms with Gasteiger partial charge in [0.2, 0.25) is 5.91 Å². The van der Waals surface area contributed by atoms with Gasteiger partial charge in [-0.2, -0.15) is 0 Å². The zero-order valence-corrected chi connectivity index (χ0v) is 16.5. The summed E-state index contributed by atoms with van der Waals surface area (Å²) < 4.78 is 0. The fraction of sp³-hybridized carbons (Fsp3) is 0.348. The molecule has 0 aliphatic carbocycles. The number of aryl methyl sites for hydroxylation is 1. The molecule has 1 aliphatic heterocycles. The van der Waals surface area contributed by atoms with E-state index in [2.05, 4.69) is 17.4 Å². The summed E-state index contributed by atoms with van der Waals surface area (Å²) in [5.41, 5.74) is 1.94. The molecule has 5 heteroatoms. The molecule has 2 unspecified atom stereocenters. The van der Waals surface area contributed by atoms with Gasteiger partial charge in [-0.25, -0.2) is 0 Å². The lowest BCUT2D eigenvalue weighted by Gasteiger charge is -2.29. The number of hydrogen-bond donors (Lipinski definition) is 1. The highest BCUT2D eigenvalue weighted by atomic mass is 16.2.